The number of carbonyl (C=O) groups is 1. The summed E-state index contributed by atoms with van der Waals surface area (Å²) in [5, 5.41) is 11.2. The number of rotatable bonds is 4. The molecule has 1 unspecified atom stereocenters. The van der Waals surface area contributed by atoms with E-state index in [1.54, 1.807) is 11.9 Å². The normalized spacial score (nSPS) is 18.0. The van der Waals surface area contributed by atoms with Gasteiger partial charge in [0.2, 0.25) is 0 Å². The molecule has 10 heteroatoms. The van der Waals surface area contributed by atoms with Gasteiger partial charge in [-0.1, -0.05) is 0 Å². The molecule has 1 fully saturated rings. The van der Waals surface area contributed by atoms with E-state index in [-0.39, 0.29) is 11.7 Å². The average molecular weight is 339 g/mol. The number of nitrogens with zero attached hydrogens (tertiary/aromatic N) is 5. The lowest BCUT2D eigenvalue weighted by Crippen LogP contribution is -2.42. The predicted octanol–water partition coefficient (Wildman–Crippen LogP) is 1.03. The molecule has 2 aromatic rings. The van der Waals surface area contributed by atoms with E-state index in [0.29, 0.717) is 31.1 Å². The van der Waals surface area contributed by atoms with Gasteiger partial charge >= 0.3 is 6.61 Å². The molecular weight excluding hydrogens is 324 g/mol. The number of carbonyl (C=O) groups excluding carboxylic acids is 1. The number of aromatic nitrogens is 4. The Bertz CT molecular complexity index is 707. The molecule has 1 atom stereocenters. The van der Waals surface area contributed by atoms with E-state index in [9.17, 15) is 13.6 Å². The number of benzene rings is 1. The van der Waals surface area contributed by atoms with Crippen LogP contribution in [-0.2, 0) is 11.8 Å². The fourth-order valence-electron chi connectivity index (χ4n) is 2.46. The number of morpholine rings is 1. The van der Waals surface area contributed by atoms with Crippen LogP contribution in [0.1, 0.15) is 22.3 Å². The zero-order valence-corrected chi connectivity index (χ0v) is 12.8. The maximum absolute atomic E-state index is 12.6. The third-order valence-corrected chi connectivity index (χ3v) is 3.62. The van der Waals surface area contributed by atoms with E-state index >= 15 is 0 Å². The van der Waals surface area contributed by atoms with Crippen LogP contribution in [0, 0.1) is 0 Å². The Balaban J connectivity index is 1.69. The van der Waals surface area contributed by atoms with E-state index in [0.717, 1.165) is 0 Å². The fourth-order valence-corrected chi connectivity index (χ4v) is 2.46. The van der Waals surface area contributed by atoms with Crippen LogP contribution >= 0.6 is 0 Å². The summed E-state index contributed by atoms with van der Waals surface area (Å²) in [6.07, 6.45) is -0.413. The Kier molecular flexibility index (Phi) is 4.65. The zero-order chi connectivity index (χ0) is 17.1. The number of halogens is 2. The Morgan fingerprint density at radius 1 is 1.38 bits per heavy atom. The Morgan fingerprint density at radius 2 is 2.12 bits per heavy atom. The molecule has 1 aromatic heterocycles. The van der Waals surface area contributed by atoms with Crippen LogP contribution in [0.2, 0.25) is 0 Å². The van der Waals surface area contributed by atoms with Crippen LogP contribution in [-0.4, -0.2) is 57.3 Å². The summed E-state index contributed by atoms with van der Waals surface area (Å²) in [5.41, 5.74) is 0.383. The molecular formula is C14H15F2N5O3. The minimum Gasteiger partial charge on any atom is -0.435 e. The Morgan fingerprint density at radius 3 is 2.75 bits per heavy atom. The average Bonchev–Trinajstić information content (AvgIpc) is 3.00. The standard InChI is InChI=1S/C14H15F2N5O3/c1-20-12(17-18-19-20)11-8-21(6-7-23-11)13(22)9-2-4-10(5-3-9)24-14(15)16/h2-5,11,14H,6-8H2,1H3. The Hall–Kier alpha value is -2.62. The van der Waals surface area contributed by atoms with Gasteiger partial charge in [0.1, 0.15) is 11.9 Å². The number of alkyl halides is 2. The third-order valence-electron chi connectivity index (χ3n) is 3.62. The van der Waals surface area contributed by atoms with Gasteiger partial charge < -0.3 is 14.4 Å². The maximum atomic E-state index is 12.6. The smallest absolute Gasteiger partial charge is 0.387 e. The van der Waals surface area contributed by atoms with Gasteiger partial charge in [0.15, 0.2) is 5.82 Å². The number of aryl methyl sites for hydroxylation is 1. The first-order chi connectivity index (χ1) is 11.5. The van der Waals surface area contributed by atoms with Crippen molar-refractivity contribution in [2.75, 3.05) is 19.7 Å². The summed E-state index contributed by atoms with van der Waals surface area (Å²) in [4.78, 5) is 14.2. The van der Waals surface area contributed by atoms with Crippen LogP contribution in [0.15, 0.2) is 24.3 Å². The summed E-state index contributed by atoms with van der Waals surface area (Å²) in [6.45, 7) is -1.81. The van der Waals surface area contributed by atoms with Crippen molar-refractivity contribution in [3.05, 3.63) is 35.7 Å². The number of hydrogen-bond acceptors (Lipinski definition) is 6. The Labute approximate surface area is 136 Å². The molecule has 0 N–H and O–H groups in total. The van der Waals surface area contributed by atoms with Crippen molar-refractivity contribution in [1.29, 1.82) is 0 Å². The highest BCUT2D eigenvalue weighted by atomic mass is 19.3. The first-order valence-corrected chi connectivity index (χ1v) is 7.22. The topological polar surface area (TPSA) is 82.4 Å². The summed E-state index contributed by atoms with van der Waals surface area (Å²) in [7, 11) is 1.70. The van der Waals surface area contributed by atoms with E-state index in [2.05, 4.69) is 20.3 Å². The highest BCUT2D eigenvalue weighted by Gasteiger charge is 2.29. The minimum atomic E-state index is -2.90. The van der Waals surface area contributed by atoms with Crippen LogP contribution in [0.5, 0.6) is 5.75 Å². The largest absolute Gasteiger partial charge is 0.435 e. The van der Waals surface area contributed by atoms with Crippen molar-refractivity contribution in [3.63, 3.8) is 0 Å². The van der Waals surface area contributed by atoms with Crippen molar-refractivity contribution in [1.82, 2.24) is 25.1 Å². The molecule has 1 amide bonds. The SMILES string of the molecule is Cn1nnnc1C1CN(C(=O)c2ccc(OC(F)F)cc2)CCO1. The van der Waals surface area contributed by atoms with E-state index in [1.807, 2.05) is 0 Å². The first-order valence-electron chi connectivity index (χ1n) is 7.22. The highest BCUT2D eigenvalue weighted by Crippen LogP contribution is 2.22. The van der Waals surface area contributed by atoms with Gasteiger partial charge in [-0.05, 0) is 34.7 Å². The van der Waals surface area contributed by atoms with Gasteiger partial charge in [-0.3, -0.25) is 4.79 Å². The molecule has 0 saturated carbocycles. The monoisotopic (exact) mass is 339 g/mol. The van der Waals surface area contributed by atoms with Gasteiger partial charge in [0, 0.05) is 19.2 Å². The molecule has 1 aliphatic rings. The number of tetrazole rings is 1. The lowest BCUT2D eigenvalue weighted by atomic mass is 10.1. The molecule has 8 nitrogen and oxygen atoms in total. The summed E-state index contributed by atoms with van der Waals surface area (Å²) in [6, 6.07) is 5.58. The first kappa shape index (κ1) is 16.2. The fraction of sp³-hybridized carbons (Fsp3) is 0.429. The minimum absolute atomic E-state index is 0.00608. The molecule has 1 aliphatic heterocycles. The molecule has 3 rings (SSSR count). The summed E-state index contributed by atoms with van der Waals surface area (Å²) < 4.78 is 35.7. The summed E-state index contributed by atoms with van der Waals surface area (Å²) in [5.74, 6) is 0.321. The number of amides is 1. The molecule has 0 spiro atoms. The van der Waals surface area contributed by atoms with Crippen LogP contribution in [0.4, 0.5) is 8.78 Å². The van der Waals surface area contributed by atoms with E-state index in [1.165, 1.54) is 28.9 Å². The van der Waals surface area contributed by atoms with Crippen molar-refractivity contribution in [3.8, 4) is 5.75 Å². The molecule has 1 aromatic carbocycles. The van der Waals surface area contributed by atoms with Gasteiger partial charge in [-0.15, -0.1) is 5.10 Å². The van der Waals surface area contributed by atoms with Crippen molar-refractivity contribution in [2.45, 2.75) is 12.7 Å². The van der Waals surface area contributed by atoms with E-state index in [4.69, 9.17) is 4.74 Å². The zero-order valence-electron chi connectivity index (χ0n) is 12.8. The molecule has 24 heavy (non-hydrogen) atoms. The van der Waals surface area contributed by atoms with Crippen LogP contribution in [0.3, 0.4) is 0 Å². The molecule has 2 heterocycles. The summed E-state index contributed by atoms with van der Waals surface area (Å²) >= 11 is 0. The maximum Gasteiger partial charge on any atom is 0.387 e. The van der Waals surface area contributed by atoms with Gasteiger partial charge in [0.05, 0.1) is 13.2 Å². The molecule has 0 radical (unpaired) electrons. The second kappa shape index (κ2) is 6.87. The van der Waals surface area contributed by atoms with Gasteiger partial charge in [-0.2, -0.15) is 8.78 Å². The third kappa shape index (κ3) is 3.48. The van der Waals surface area contributed by atoms with Crippen molar-refractivity contribution in [2.24, 2.45) is 7.05 Å². The van der Waals surface area contributed by atoms with Gasteiger partial charge in [-0.25, -0.2) is 4.68 Å². The molecule has 0 aliphatic carbocycles. The molecule has 1 saturated heterocycles. The second-order valence-corrected chi connectivity index (χ2v) is 5.17. The van der Waals surface area contributed by atoms with Gasteiger partial charge in [0.25, 0.3) is 5.91 Å². The highest BCUT2D eigenvalue weighted by molar-refractivity contribution is 5.94. The number of ether oxygens (including phenoxy) is 2. The van der Waals surface area contributed by atoms with Crippen molar-refractivity contribution >= 4 is 5.91 Å². The lowest BCUT2D eigenvalue weighted by molar-refractivity contribution is -0.0498. The second-order valence-electron chi connectivity index (χ2n) is 5.17. The van der Waals surface area contributed by atoms with Crippen LogP contribution < -0.4 is 4.74 Å². The van der Waals surface area contributed by atoms with Crippen molar-refractivity contribution < 1.29 is 23.0 Å². The van der Waals surface area contributed by atoms with E-state index < -0.39 is 12.7 Å². The predicted molar refractivity (Wildman–Crippen MR) is 76.5 cm³/mol. The number of hydrogen-bond donors (Lipinski definition) is 0. The quantitative estimate of drug-likeness (QED) is 0.827. The van der Waals surface area contributed by atoms with Crippen LogP contribution in [0.25, 0.3) is 0 Å². The molecule has 0 bridgehead atoms. The lowest BCUT2D eigenvalue weighted by Gasteiger charge is -2.32. The molecule has 128 valence electrons.